The number of aromatic nitrogens is 3. The molecule has 2 N–H and O–H groups in total. The van der Waals surface area contributed by atoms with Gasteiger partial charge in [0.2, 0.25) is 0 Å². The van der Waals surface area contributed by atoms with Crippen LogP contribution in [0.2, 0.25) is 0 Å². The number of nitrogens with two attached hydrogens (primary N) is 1. The first-order valence-corrected chi connectivity index (χ1v) is 16.3. The Morgan fingerprint density at radius 3 is 2.76 bits per heavy atom. The highest BCUT2D eigenvalue weighted by molar-refractivity contribution is 7.97. The molecule has 2 aromatic heterocycles. The molecule has 0 amide bonds. The Kier molecular flexibility index (Phi) is 7.46. The van der Waals surface area contributed by atoms with Crippen molar-refractivity contribution in [1.82, 2.24) is 19.9 Å². The van der Waals surface area contributed by atoms with E-state index in [9.17, 15) is 0 Å². The zero-order chi connectivity index (χ0) is 28.0. The molecule has 4 aliphatic rings. The van der Waals surface area contributed by atoms with Crippen LogP contribution in [0.25, 0.3) is 28.0 Å². The molecule has 0 saturated carbocycles. The number of anilines is 1. The summed E-state index contributed by atoms with van der Waals surface area (Å²) in [6.45, 7) is 4.04. The van der Waals surface area contributed by atoms with Gasteiger partial charge in [-0.15, -0.1) is 0 Å². The van der Waals surface area contributed by atoms with Gasteiger partial charge in [0.25, 0.3) is 0 Å². The average Bonchev–Trinajstić information content (AvgIpc) is 3.57. The minimum atomic E-state index is -0.494. The average molecular weight is 577 g/mol. The molecule has 7 rings (SSSR count). The van der Waals surface area contributed by atoms with E-state index in [4.69, 9.17) is 15.1 Å². The van der Waals surface area contributed by atoms with Gasteiger partial charge in [-0.2, -0.15) is 0 Å². The molecule has 216 valence electrons. The van der Waals surface area contributed by atoms with Gasteiger partial charge in [-0.25, -0.2) is 18.7 Å². The molecule has 1 aliphatic carbocycles. The van der Waals surface area contributed by atoms with E-state index in [2.05, 4.69) is 14.8 Å². The third-order valence-corrected chi connectivity index (χ3v) is 10.5. The SMILES string of the molecule is NSCC1CCCN(c2nc(CCC34CCCN3CCC4)nc3c(F)c(-c4cccc5c4C(F)=CCC5)ncc23)C1. The Labute approximate surface area is 244 Å². The number of pyridine rings is 1. The van der Waals surface area contributed by atoms with Gasteiger partial charge < -0.3 is 4.90 Å². The van der Waals surface area contributed by atoms with Crippen molar-refractivity contribution in [1.29, 1.82) is 0 Å². The first-order valence-electron chi connectivity index (χ1n) is 15.2. The maximum absolute atomic E-state index is 16.6. The first-order chi connectivity index (χ1) is 20.1. The number of benzene rings is 1. The van der Waals surface area contributed by atoms with Crippen molar-refractivity contribution in [2.45, 2.75) is 69.7 Å². The normalized spacial score (nSPS) is 22.2. The Morgan fingerprint density at radius 2 is 1.93 bits per heavy atom. The molecular formula is C32H38F2N6S. The van der Waals surface area contributed by atoms with Gasteiger partial charge >= 0.3 is 0 Å². The van der Waals surface area contributed by atoms with Gasteiger partial charge in [-0.1, -0.05) is 30.1 Å². The van der Waals surface area contributed by atoms with E-state index in [0.29, 0.717) is 41.1 Å². The zero-order valence-corrected chi connectivity index (χ0v) is 24.4. The number of nitrogens with zero attached hydrogens (tertiary/aromatic N) is 5. The molecule has 5 heterocycles. The largest absolute Gasteiger partial charge is 0.356 e. The van der Waals surface area contributed by atoms with Crippen molar-refractivity contribution < 1.29 is 8.78 Å². The third kappa shape index (κ3) is 4.93. The number of fused-ring (bicyclic) bond motifs is 3. The number of rotatable bonds is 7. The van der Waals surface area contributed by atoms with Crippen molar-refractivity contribution in [3.05, 3.63) is 53.2 Å². The molecule has 3 aliphatic heterocycles. The van der Waals surface area contributed by atoms with Crippen LogP contribution in [-0.2, 0) is 12.8 Å². The first kappa shape index (κ1) is 27.2. The van der Waals surface area contributed by atoms with E-state index in [1.165, 1.54) is 50.7 Å². The predicted octanol–water partition coefficient (Wildman–Crippen LogP) is 6.47. The number of halogens is 2. The third-order valence-electron chi connectivity index (χ3n) is 9.87. The maximum Gasteiger partial charge on any atom is 0.175 e. The fourth-order valence-corrected chi connectivity index (χ4v) is 8.42. The molecule has 1 aromatic carbocycles. The van der Waals surface area contributed by atoms with Crippen molar-refractivity contribution in [3.63, 3.8) is 0 Å². The molecule has 0 spiro atoms. The molecule has 3 aromatic rings. The monoisotopic (exact) mass is 576 g/mol. The van der Waals surface area contributed by atoms with Gasteiger partial charge in [0.15, 0.2) is 5.82 Å². The van der Waals surface area contributed by atoms with E-state index in [0.717, 1.165) is 55.9 Å². The summed E-state index contributed by atoms with van der Waals surface area (Å²) >= 11 is 1.38. The van der Waals surface area contributed by atoms with Crippen LogP contribution >= 0.6 is 11.9 Å². The Hall–Kier alpha value is -2.62. The van der Waals surface area contributed by atoms with Crippen molar-refractivity contribution in [3.8, 4) is 11.3 Å². The highest BCUT2D eigenvalue weighted by Crippen LogP contribution is 2.43. The number of piperidine rings is 1. The summed E-state index contributed by atoms with van der Waals surface area (Å²) in [7, 11) is 0. The van der Waals surface area contributed by atoms with E-state index < -0.39 is 5.82 Å². The molecule has 3 fully saturated rings. The lowest BCUT2D eigenvalue weighted by atomic mass is 9.88. The summed E-state index contributed by atoms with van der Waals surface area (Å²) in [6, 6.07) is 5.56. The zero-order valence-electron chi connectivity index (χ0n) is 23.5. The highest BCUT2D eigenvalue weighted by atomic mass is 32.2. The molecule has 3 saturated heterocycles. The number of hydrogen-bond donors (Lipinski definition) is 1. The minimum Gasteiger partial charge on any atom is -0.356 e. The molecule has 6 nitrogen and oxygen atoms in total. The smallest absolute Gasteiger partial charge is 0.175 e. The number of allylic oxidation sites excluding steroid dienone is 1. The standard InChI is InChI=1S/C32H38F2N6S/c33-25-10-2-8-22-7-1-9-23(27(22)25)29-28(34)30-24(18-36-29)31(39-15-3-6-21(19-39)20-41-35)38-26(37-30)11-14-32-12-4-16-40(32)17-5-13-32/h1,7,9-10,18,21H,2-6,8,11-17,19-20,35H2. The van der Waals surface area contributed by atoms with Gasteiger partial charge in [-0.3, -0.25) is 15.0 Å². The lowest BCUT2D eigenvalue weighted by molar-refractivity contribution is 0.182. The minimum absolute atomic E-state index is 0.155. The summed E-state index contributed by atoms with van der Waals surface area (Å²) in [5, 5.41) is 6.45. The Balaban J connectivity index is 1.32. The highest BCUT2D eigenvalue weighted by Gasteiger charge is 2.43. The second kappa shape index (κ2) is 11.2. The predicted molar refractivity (Wildman–Crippen MR) is 163 cm³/mol. The fourth-order valence-electron chi connectivity index (χ4n) is 7.88. The van der Waals surface area contributed by atoms with Crippen molar-refractivity contribution >= 4 is 34.5 Å². The van der Waals surface area contributed by atoms with Crippen LogP contribution < -0.4 is 10.0 Å². The van der Waals surface area contributed by atoms with Crippen LogP contribution in [0.1, 0.15) is 68.3 Å². The summed E-state index contributed by atoms with van der Waals surface area (Å²) in [6.07, 6.45) is 13.5. The molecule has 41 heavy (non-hydrogen) atoms. The topological polar surface area (TPSA) is 71.2 Å². The van der Waals surface area contributed by atoms with Gasteiger partial charge in [0, 0.05) is 48.1 Å². The number of hydrogen-bond acceptors (Lipinski definition) is 7. The van der Waals surface area contributed by atoms with Gasteiger partial charge in [-0.05, 0) is 88.4 Å². The van der Waals surface area contributed by atoms with E-state index >= 15 is 8.78 Å². The summed E-state index contributed by atoms with van der Waals surface area (Å²) in [5.41, 5.74) is 2.52. The van der Waals surface area contributed by atoms with Gasteiger partial charge in [0.1, 0.15) is 28.7 Å². The maximum atomic E-state index is 16.6. The molecule has 1 atom stereocenters. The van der Waals surface area contributed by atoms with Crippen LogP contribution in [0.15, 0.2) is 30.5 Å². The van der Waals surface area contributed by atoms with Crippen molar-refractivity contribution in [2.24, 2.45) is 11.1 Å². The summed E-state index contributed by atoms with van der Waals surface area (Å²) in [4.78, 5) is 19.5. The fraction of sp³-hybridized carbons (Fsp3) is 0.531. The van der Waals surface area contributed by atoms with E-state index in [1.807, 2.05) is 12.1 Å². The van der Waals surface area contributed by atoms with Crippen LogP contribution in [0, 0.1) is 11.7 Å². The van der Waals surface area contributed by atoms with E-state index in [-0.39, 0.29) is 22.6 Å². The quantitative estimate of drug-likeness (QED) is 0.323. The molecule has 0 bridgehead atoms. The molecule has 0 radical (unpaired) electrons. The Bertz CT molecular complexity index is 1480. The second-order valence-electron chi connectivity index (χ2n) is 12.3. The molecule has 9 heteroatoms. The summed E-state index contributed by atoms with van der Waals surface area (Å²) in [5.74, 6) is 2.00. The van der Waals surface area contributed by atoms with E-state index in [1.54, 1.807) is 18.3 Å². The van der Waals surface area contributed by atoms with Crippen LogP contribution in [0.4, 0.5) is 14.6 Å². The molecular weight excluding hydrogens is 538 g/mol. The van der Waals surface area contributed by atoms with Gasteiger partial charge in [0.05, 0.1) is 5.39 Å². The van der Waals surface area contributed by atoms with Crippen LogP contribution in [0.5, 0.6) is 0 Å². The molecule has 1 unspecified atom stereocenters. The van der Waals surface area contributed by atoms with Crippen molar-refractivity contribution in [2.75, 3.05) is 36.8 Å². The second-order valence-corrected chi connectivity index (χ2v) is 12.9. The lowest BCUT2D eigenvalue weighted by Crippen LogP contribution is -2.39. The number of aryl methyl sites for hydroxylation is 2. The van der Waals surface area contributed by atoms with Crippen LogP contribution in [-0.4, -0.2) is 57.3 Å². The lowest BCUT2D eigenvalue weighted by Gasteiger charge is -2.34. The summed E-state index contributed by atoms with van der Waals surface area (Å²) < 4.78 is 31.6. The van der Waals surface area contributed by atoms with Crippen LogP contribution in [0.3, 0.4) is 0 Å². The Morgan fingerprint density at radius 1 is 1.07 bits per heavy atom.